The van der Waals surface area contributed by atoms with Crippen molar-refractivity contribution in [2.24, 2.45) is 5.73 Å². The third kappa shape index (κ3) is 7.37. The molecule has 10 heteroatoms. The number of amides is 1. The average Bonchev–Trinajstić information content (AvgIpc) is 2.82. The van der Waals surface area contributed by atoms with Crippen molar-refractivity contribution in [1.29, 1.82) is 0 Å². The van der Waals surface area contributed by atoms with Crippen LogP contribution in [0.1, 0.15) is 37.6 Å². The average molecular weight is 486 g/mol. The van der Waals surface area contributed by atoms with Crippen molar-refractivity contribution >= 4 is 34.6 Å². The topological polar surface area (TPSA) is 118 Å². The number of anilines is 1. The van der Waals surface area contributed by atoms with E-state index in [9.17, 15) is 14.4 Å². The molecule has 2 aromatic rings. The molecule has 1 amide bonds. The van der Waals surface area contributed by atoms with Gasteiger partial charge in [-0.1, -0.05) is 0 Å². The van der Waals surface area contributed by atoms with Crippen molar-refractivity contribution < 1.29 is 23.9 Å². The van der Waals surface area contributed by atoms with Crippen molar-refractivity contribution in [2.75, 3.05) is 57.8 Å². The molecule has 35 heavy (non-hydrogen) atoms. The maximum Gasteiger partial charge on any atom is 0.410 e. The summed E-state index contributed by atoms with van der Waals surface area (Å²) in [6, 6.07) is 7.22. The van der Waals surface area contributed by atoms with E-state index >= 15 is 0 Å². The van der Waals surface area contributed by atoms with Crippen LogP contribution in [0.4, 0.5) is 10.5 Å². The summed E-state index contributed by atoms with van der Waals surface area (Å²) in [4.78, 5) is 46.6. The number of fused-ring (bicyclic) bond motifs is 1. The third-order valence-electron chi connectivity index (χ3n) is 5.75. The second-order valence-corrected chi connectivity index (χ2v) is 9.61. The van der Waals surface area contributed by atoms with Crippen LogP contribution in [0, 0.1) is 0 Å². The number of nitrogens with zero attached hydrogens (tertiary/aromatic N) is 4. The van der Waals surface area contributed by atoms with Gasteiger partial charge in [-0.25, -0.2) is 9.59 Å². The van der Waals surface area contributed by atoms with Crippen LogP contribution in [0.3, 0.4) is 0 Å². The van der Waals surface area contributed by atoms with E-state index in [2.05, 4.69) is 14.8 Å². The molecular weight excluding hydrogens is 450 g/mol. The molecule has 2 heterocycles. The van der Waals surface area contributed by atoms with Crippen LogP contribution in [0.25, 0.3) is 10.9 Å². The molecule has 1 aliphatic rings. The van der Waals surface area contributed by atoms with Crippen LogP contribution in [0.2, 0.25) is 0 Å². The number of ether oxygens (including phenoxy) is 2. The number of aromatic nitrogens is 1. The second kappa shape index (κ2) is 11.5. The van der Waals surface area contributed by atoms with Crippen LogP contribution in [0.5, 0.6) is 0 Å². The van der Waals surface area contributed by atoms with Gasteiger partial charge in [0, 0.05) is 57.0 Å². The van der Waals surface area contributed by atoms with Gasteiger partial charge in [-0.3, -0.25) is 14.7 Å². The highest BCUT2D eigenvalue weighted by Crippen LogP contribution is 2.24. The molecule has 0 atom stereocenters. The van der Waals surface area contributed by atoms with Gasteiger partial charge >= 0.3 is 18.0 Å². The third-order valence-corrected chi connectivity index (χ3v) is 5.75. The number of carbonyl (C=O) groups is 3. The first-order chi connectivity index (χ1) is 16.6. The highest BCUT2D eigenvalue weighted by molar-refractivity contribution is 6.07. The zero-order chi connectivity index (χ0) is 25.6. The predicted octanol–water partition coefficient (Wildman–Crippen LogP) is 2.26. The Kier molecular flexibility index (Phi) is 8.63. The second-order valence-electron chi connectivity index (χ2n) is 9.61. The largest absolute Gasteiger partial charge is 0.444 e. The van der Waals surface area contributed by atoms with E-state index in [-0.39, 0.29) is 18.2 Å². The minimum Gasteiger partial charge on any atom is -0.444 e. The fraction of sp³-hybridized carbons (Fsp3) is 0.520. The molecule has 10 nitrogen and oxygen atoms in total. The van der Waals surface area contributed by atoms with E-state index in [4.69, 9.17) is 15.2 Å². The number of piperazine rings is 1. The molecule has 0 saturated carbocycles. The van der Waals surface area contributed by atoms with Crippen molar-refractivity contribution in [2.45, 2.75) is 32.8 Å². The monoisotopic (exact) mass is 485 g/mol. The van der Waals surface area contributed by atoms with E-state index in [1.54, 1.807) is 4.90 Å². The van der Waals surface area contributed by atoms with Crippen LogP contribution >= 0.6 is 0 Å². The number of nitrogens with two attached hydrogens (primary N) is 1. The van der Waals surface area contributed by atoms with Gasteiger partial charge in [0.25, 0.3) is 0 Å². The molecular formula is C25H35N5O5. The summed E-state index contributed by atoms with van der Waals surface area (Å²) in [7, 11) is 1.99. The van der Waals surface area contributed by atoms with Crippen LogP contribution in [-0.2, 0) is 14.3 Å². The van der Waals surface area contributed by atoms with Gasteiger partial charge in [0.05, 0.1) is 17.6 Å². The number of pyridine rings is 1. The summed E-state index contributed by atoms with van der Waals surface area (Å²) in [5.41, 5.74) is 6.60. The Morgan fingerprint density at radius 1 is 1.11 bits per heavy atom. The van der Waals surface area contributed by atoms with Gasteiger partial charge in [-0.2, -0.15) is 0 Å². The van der Waals surface area contributed by atoms with E-state index in [0.717, 1.165) is 38.3 Å². The lowest BCUT2D eigenvalue weighted by Gasteiger charge is -2.35. The molecule has 3 rings (SSSR count). The Balaban J connectivity index is 1.54. The molecule has 1 fully saturated rings. The van der Waals surface area contributed by atoms with Gasteiger partial charge in [-0.15, -0.1) is 0 Å². The molecule has 1 aromatic heterocycles. The van der Waals surface area contributed by atoms with E-state index in [0.29, 0.717) is 24.0 Å². The van der Waals surface area contributed by atoms with Crippen molar-refractivity contribution in [1.82, 2.24) is 14.8 Å². The summed E-state index contributed by atoms with van der Waals surface area (Å²) >= 11 is 0. The molecule has 0 unspecified atom stereocenters. The van der Waals surface area contributed by atoms with Crippen molar-refractivity contribution in [3.63, 3.8) is 0 Å². The molecule has 0 radical (unpaired) electrons. The Bertz CT molecular complexity index is 1060. The Morgan fingerprint density at radius 3 is 2.49 bits per heavy atom. The van der Waals surface area contributed by atoms with Crippen molar-refractivity contribution in [3.05, 3.63) is 36.0 Å². The standard InChI is InChI=1S/C25H35N5O5/c1-25(2,3)35-24(33)30-14-12-29(13-15-30)11-5-10-28(4)18-6-7-21-20(16-18)19(8-9-27-21)23(32)34-22(31)17-26/h6-9,16H,5,10-15,17,26H2,1-4H3. The number of esters is 2. The maximum absolute atomic E-state index is 12.4. The van der Waals surface area contributed by atoms with Gasteiger partial charge in [-0.05, 0) is 58.0 Å². The minimum absolute atomic E-state index is 0.252. The normalized spacial score (nSPS) is 14.6. The molecule has 2 N–H and O–H groups in total. The number of carbonyl (C=O) groups excluding carboxylic acids is 3. The van der Waals surface area contributed by atoms with Crippen molar-refractivity contribution in [3.8, 4) is 0 Å². The van der Waals surface area contributed by atoms with Gasteiger partial charge in [0.15, 0.2) is 0 Å². The highest BCUT2D eigenvalue weighted by atomic mass is 16.6. The first-order valence-corrected chi connectivity index (χ1v) is 11.8. The molecule has 190 valence electrons. The van der Waals surface area contributed by atoms with Gasteiger partial charge < -0.3 is 25.0 Å². The number of hydrogen-bond acceptors (Lipinski definition) is 9. The zero-order valence-corrected chi connectivity index (χ0v) is 21.0. The summed E-state index contributed by atoms with van der Waals surface area (Å²) in [5.74, 6) is -1.52. The summed E-state index contributed by atoms with van der Waals surface area (Å²) in [6.07, 6.45) is 2.20. The van der Waals surface area contributed by atoms with E-state index < -0.39 is 17.5 Å². The lowest BCUT2D eigenvalue weighted by Crippen LogP contribution is -2.50. The summed E-state index contributed by atoms with van der Waals surface area (Å²) < 4.78 is 10.2. The molecule has 1 aliphatic heterocycles. The lowest BCUT2D eigenvalue weighted by atomic mass is 10.1. The maximum atomic E-state index is 12.4. The van der Waals surface area contributed by atoms with Crippen LogP contribution < -0.4 is 10.6 Å². The Labute approximate surface area is 205 Å². The Hall–Kier alpha value is -3.24. The zero-order valence-electron chi connectivity index (χ0n) is 21.0. The lowest BCUT2D eigenvalue weighted by molar-refractivity contribution is -0.136. The van der Waals surface area contributed by atoms with Crippen LogP contribution in [-0.4, -0.2) is 91.3 Å². The van der Waals surface area contributed by atoms with E-state index in [1.807, 2.05) is 46.0 Å². The quantitative estimate of drug-likeness (QED) is 0.465. The minimum atomic E-state index is -0.778. The Morgan fingerprint density at radius 2 is 1.83 bits per heavy atom. The fourth-order valence-corrected chi connectivity index (χ4v) is 3.89. The summed E-state index contributed by atoms with van der Waals surface area (Å²) in [6.45, 7) is 9.94. The molecule has 0 aliphatic carbocycles. The summed E-state index contributed by atoms with van der Waals surface area (Å²) in [5, 5.41) is 0.616. The smallest absolute Gasteiger partial charge is 0.410 e. The first-order valence-electron chi connectivity index (χ1n) is 11.8. The molecule has 0 bridgehead atoms. The van der Waals surface area contributed by atoms with Gasteiger partial charge in [0.1, 0.15) is 5.60 Å². The van der Waals surface area contributed by atoms with Crippen LogP contribution in [0.15, 0.2) is 30.5 Å². The first kappa shape index (κ1) is 26.4. The van der Waals surface area contributed by atoms with E-state index in [1.165, 1.54) is 12.3 Å². The number of hydrogen-bond donors (Lipinski definition) is 1. The molecule has 1 saturated heterocycles. The highest BCUT2D eigenvalue weighted by Gasteiger charge is 2.25. The SMILES string of the molecule is CN(CCCN1CCN(C(=O)OC(C)(C)C)CC1)c1ccc2nccc(C(=O)OC(=O)CN)c2c1. The number of benzene rings is 1. The molecule has 1 aromatic carbocycles. The van der Waals surface area contributed by atoms with Gasteiger partial charge in [0.2, 0.25) is 0 Å². The fourth-order valence-electron chi connectivity index (χ4n) is 3.89. The predicted molar refractivity (Wildman–Crippen MR) is 133 cm³/mol. The molecule has 0 spiro atoms. The number of rotatable bonds is 7.